The molecule has 0 bridgehead atoms. The summed E-state index contributed by atoms with van der Waals surface area (Å²) < 4.78 is 13.7. The highest BCUT2D eigenvalue weighted by molar-refractivity contribution is 6.09. The van der Waals surface area contributed by atoms with Gasteiger partial charge in [-0.3, -0.25) is 4.98 Å². The van der Waals surface area contributed by atoms with E-state index in [0.717, 1.165) is 32.9 Å². The number of aryl methyl sites for hydroxylation is 1. The number of halogens is 1. The standard InChI is InChI=1S/C18H13FN2/c1-11-16(19)5-4-15-14-3-2-13(10-17(14)21-18(11)15)12-6-8-20-9-7-12/h2-10,21H,1H3. The lowest BCUT2D eigenvalue weighted by Gasteiger charge is -2.01. The summed E-state index contributed by atoms with van der Waals surface area (Å²) in [5.41, 5.74) is 4.79. The predicted octanol–water partition coefficient (Wildman–Crippen LogP) is 4.83. The first-order valence-electron chi connectivity index (χ1n) is 6.85. The van der Waals surface area contributed by atoms with Crippen molar-refractivity contribution in [3.63, 3.8) is 0 Å². The van der Waals surface area contributed by atoms with Crippen molar-refractivity contribution >= 4 is 21.8 Å². The minimum atomic E-state index is -0.177. The number of H-pyrrole nitrogens is 1. The van der Waals surface area contributed by atoms with Crippen LogP contribution in [0.15, 0.2) is 54.9 Å². The van der Waals surface area contributed by atoms with Gasteiger partial charge in [0.25, 0.3) is 0 Å². The number of benzene rings is 2. The van der Waals surface area contributed by atoms with E-state index in [0.29, 0.717) is 5.56 Å². The van der Waals surface area contributed by atoms with Crippen molar-refractivity contribution < 1.29 is 4.39 Å². The van der Waals surface area contributed by atoms with E-state index >= 15 is 0 Å². The third-order valence-electron chi connectivity index (χ3n) is 3.98. The molecular weight excluding hydrogens is 263 g/mol. The number of pyridine rings is 1. The van der Waals surface area contributed by atoms with E-state index in [2.05, 4.69) is 28.2 Å². The summed E-state index contributed by atoms with van der Waals surface area (Å²) >= 11 is 0. The van der Waals surface area contributed by atoms with E-state index in [1.807, 2.05) is 18.2 Å². The number of rotatable bonds is 1. The van der Waals surface area contributed by atoms with Crippen LogP contribution >= 0.6 is 0 Å². The van der Waals surface area contributed by atoms with Crippen molar-refractivity contribution in [2.45, 2.75) is 6.92 Å². The second-order valence-electron chi connectivity index (χ2n) is 5.22. The quantitative estimate of drug-likeness (QED) is 0.530. The van der Waals surface area contributed by atoms with Gasteiger partial charge in [-0.25, -0.2) is 4.39 Å². The Kier molecular flexibility index (Phi) is 2.54. The van der Waals surface area contributed by atoms with Gasteiger partial charge in [0.05, 0.1) is 5.52 Å². The minimum Gasteiger partial charge on any atom is -0.354 e. The molecule has 2 heterocycles. The fourth-order valence-electron chi connectivity index (χ4n) is 2.81. The number of hydrogen-bond donors (Lipinski definition) is 1. The predicted molar refractivity (Wildman–Crippen MR) is 83.7 cm³/mol. The van der Waals surface area contributed by atoms with Gasteiger partial charge in [-0.15, -0.1) is 0 Å². The maximum Gasteiger partial charge on any atom is 0.128 e. The summed E-state index contributed by atoms with van der Waals surface area (Å²) in [6.45, 7) is 1.80. The zero-order valence-electron chi connectivity index (χ0n) is 11.5. The molecular formula is C18H13FN2. The van der Waals surface area contributed by atoms with Crippen molar-refractivity contribution in [2.75, 3.05) is 0 Å². The van der Waals surface area contributed by atoms with Gasteiger partial charge in [0.15, 0.2) is 0 Å². The van der Waals surface area contributed by atoms with Gasteiger partial charge in [-0.05, 0) is 48.4 Å². The van der Waals surface area contributed by atoms with E-state index in [-0.39, 0.29) is 5.82 Å². The summed E-state index contributed by atoms with van der Waals surface area (Å²) in [5, 5.41) is 2.18. The molecule has 0 unspecified atom stereocenters. The SMILES string of the molecule is Cc1c(F)ccc2c1[nH]c1cc(-c3ccncc3)ccc12. The summed E-state index contributed by atoms with van der Waals surface area (Å²) in [5.74, 6) is -0.177. The molecule has 2 aromatic carbocycles. The maximum absolute atomic E-state index is 13.7. The number of nitrogens with zero attached hydrogens (tertiary/aromatic N) is 1. The normalized spacial score (nSPS) is 11.3. The first-order chi connectivity index (χ1) is 10.2. The van der Waals surface area contributed by atoms with Crippen molar-refractivity contribution in [1.29, 1.82) is 0 Å². The minimum absolute atomic E-state index is 0.177. The lowest BCUT2D eigenvalue weighted by molar-refractivity contribution is 0.620. The van der Waals surface area contributed by atoms with Crippen LogP contribution < -0.4 is 0 Å². The lowest BCUT2D eigenvalue weighted by atomic mass is 10.0. The highest BCUT2D eigenvalue weighted by Crippen LogP contribution is 2.31. The Morgan fingerprint density at radius 3 is 2.48 bits per heavy atom. The van der Waals surface area contributed by atoms with Crippen LogP contribution in [-0.2, 0) is 0 Å². The summed E-state index contributed by atoms with van der Waals surface area (Å²) in [6, 6.07) is 13.6. The zero-order valence-corrected chi connectivity index (χ0v) is 11.5. The van der Waals surface area contributed by atoms with E-state index in [9.17, 15) is 4.39 Å². The highest BCUT2D eigenvalue weighted by atomic mass is 19.1. The van der Waals surface area contributed by atoms with Crippen LogP contribution in [0, 0.1) is 12.7 Å². The van der Waals surface area contributed by atoms with Crippen molar-refractivity contribution in [2.24, 2.45) is 0 Å². The van der Waals surface area contributed by atoms with E-state index in [4.69, 9.17) is 0 Å². The number of nitrogens with one attached hydrogen (secondary N) is 1. The molecule has 0 amide bonds. The molecule has 2 aromatic heterocycles. The van der Waals surface area contributed by atoms with Crippen LogP contribution in [0.25, 0.3) is 32.9 Å². The molecule has 0 saturated carbocycles. The van der Waals surface area contributed by atoms with Gasteiger partial charge in [-0.1, -0.05) is 12.1 Å². The van der Waals surface area contributed by atoms with Crippen molar-refractivity contribution in [1.82, 2.24) is 9.97 Å². The van der Waals surface area contributed by atoms with Gasteiger partial charge in [0, 0.05) is 34.2 Å². The first-order valence-corrected chi connectivity index (χ1v) is 6.85. The average Bonchev–Trinajstić information content (AvgIpc) is 2.90. The Morgan fingerprint density at radius 1 is 0.905 bits per heavy atom. The zero-order chi connectivity index (χ0) is 14.4. The van der Waals surface area contributed by atoms with Gasteiger partial charge in [0.1, 0.15) is 5.82 Å². The summed E-state index contributed by atoms with van der Waals surface area (Å²) in [6.07, 6.45) is 3.56. The molecule has 0 aliphatic heterocycles. The molecule has 0 fully saturated rings. The van der Waals surface area contributed by atoms with Gasteiger partial charge in [0.2, 0.25) is 0 Å². The Morgan fingerprint density at radius 2 is 1.67 bits per heavy atom. The van der Waals surface area contributed by atoms with E-state index in [1.165, 1.54) is 6.07 Å². The molecule has 2 nitrogen and oxygen atoms in total. The maximum atomic E-state index is 13.7. The second-order valence-corrected chi connectivity index (χ2v) is 5.22. The summed E-state index contributed by atoms with van der Waals surface area (Å²) in [7, 11) is 0. The van der Waals surface area contributed by atoms with Crippen LogP contribution in [0.3, 0.4) is 0 Å². The molecule has 0 spiro atoms. The van der Waals surface area contributed by atoms with Crippen LogP contribution in [-0.4, -0.2) is 9.97 Å². The smallest absolute Gasteiger partial charge is 0.128 e. The molecule has 21 heavy (non-hydrogen) atoms. The average molecular weight is 276 g/mol. The Labute approximate surface area is 121 Å². The third kappa shape index (κ3) is 1.82. The fraction of sp³-hybridized carbons (Fsp3) is 0.0556. The van der Waals surface area contributed by atoms with E-state index < -0.39 is 0 Å². The van der Waals surface area contributed by atoms with Crippen molar-refractivity contribution in [3.05, 3.63) is 66.2 Å². The van der Waals surface area contributed by atoms with Crippen LogP contribution in [0.1, 0.15) is 5.56 Å². The Bertz CT molecular complexity index is 955. The molecule has 4 rings (SSSR count). The molecule has 0 aliphatic carbocycles. The fourth-order valence-corrected chi connectivity index (χ4v) is 2.81. The molecule has 3 heteroatoms. The summed E-state index contributed by atoms with van der Waals surface area (Å²) in [4.78, 5) is 7.38. The molecule has 102 valence electrons. The van der Waals surface area contributed by atoms with Crippen molar-refractivity contribution in [3.8, 4) is 11.1 Å². The van der Waals surface area contributed by atoms with Crippen LogP contribution in [0.2, 0.25) is 0 Å². The molecule has 0 radical (unpaired) electrons. The molecule has 0 aliphatic rings. The molecule has 0 atom stereocenters. The molecule has 0 saturated heterocycles. The molecule has 1 N–H and O–H groups in total. The lowest BCUT2D eigenvalue weighted by Crippen LogP contribution is -1.82. The number of fused-ring (bicyclic) bond motifs is 3. The Hall–Kier alpha value is -2.68. The molecule has 4 aromatic rings. The first kappa shape index (κ1) is 12.1. The highest BCUT2D eigenvalue weighted by Gasteiger charge is 2.10. The number of aromatic amines is 1. The number of aromatic nitrogens is 2. The van der Waals surface area contributed by atoms with E-state index in [1.54, 1.807) is 19.3 Å². The largest absolute Gasteiger partial charge is 0.354 e. The third-order valence-corrected chi connectivity index (χ3v) is 3.98. The van der Waals surface area contributed by atoms with Gasteiger partial charge >= 0.3 is 0 Å². The monoisotopic (exact) mass is 276 g/mol. The van der Waals surface area contributed by atoms with Gasteiger partial charge in [-0.2, -0.15) is 0 Å². The second kappa shape index (κ2) is 4.42. The Balaban J connectivity index is 2.01. The van der Waals surface area contributed by atoms with Crippen LogP contribution in [0.4, 0.5) is 4.39 Å². The topological polar surface area (TPSA) is 28.7 Å². The van der Waals surface area contributed by atoms with Crippen LogP contribution in [0.5, 0.6) is 0 Å². The number of hydrogen-bond acceptors (Lipinski definition) is 1. The van der Waals surface area contributed by atoms with Gasteiger partial charge < -0.3 is 4.98 Å².